The molecule has 0 bridgehead atoms. The van der Waals surface area contributed by atoms with Gasteiger partial charge in [0.1, 0.15) is 6.29 Å². The molecule has 0 spiro atoms. The molecule has 0 aromatic rings. The quantitative estimate of drug-likeness (QED) is 0.445. The molecular formula is C10H14O. The summed E-state index contributed by atoms with van der Waals surface area (Å²) in [5, 5.41) is 0. The summed E-state index contributed by atoms with van der Waals surface area (Å²) in [6.07, 6.45) is 6.90. The predicted molar refractivity (Wildman–Crippen MR) is 46.2 cm³/mol. The zero-order valence-corrected chi connectivity index (χ0v) is 6.70. The molecule has 1 heteroatoms. The first-order valence-corrected chi connectivity index (χ1v) is 4.02. The average molecular weight is 150 g/mol. The lowest BCUT2D eigenvalue weighted by atomic mass is 9.98. The first kappa shape index (κ1) is 8.25. The smallest absolute Gasteiger partial charge is 0.123 e. The highest BCUT2D eigenvalue weighted by atomic mass is 16.1. The van der Waals surface area contributed by atoms with Gasteiger partial charge in [0.25, 0.3) is 0 Å². The van der Waals surface area contributed by atoms with Gasteiger partial charge in [0.15, 0.2) is 0 Å². The second-order valence-corrected chi connectivity index (χ2v) is 3.17. The number of hydrogen-bond acceptors (Lipinski definition) is 1. The maximum absolute atomic E-state index is 10.6. The fourth-order valence-electron chi connectivity index (χ4n) is 1.76. The molecule has 0 aromatic carbocycles. The highest BCUT2D eigenvalue weighted by Gasteiger charge is 2.29. The van der Waals surface area contributed by atoms with Gasteiger partial charge in [0.05, 0.1) is 0 Å². The Morgan fingerprint density at radius 2 is 1.73 bits per heavy atom. The van der Waals surface area contributed by atoms with Crippen LogP contribution in [-0.2, 0) is 4.79 Å². The van der Waals surface area contributed by atoms with Gasteiger partial charge in [-0.3, -0.25) is 0 Å². The van der Waals surface area contributed by atoms with Crippen molar-refractivity contribution in [2.24, 2.45) is 17.8 Å². The topological polar surface area (TPSA) is 17.1 Å². The zero-order valence-electron chi connectivity index (χ0n) is 6.70. The van der Waals surface area contributed by atoms with Crippen molar-refractivity contribution in [2.75, 3.05) is 0 Å². The van der Waals surface area contributed by atoms with Gasteiger partial charge in [0.2, 0.25) is 0 Å². The standard InChI is InChI=1S/C10H14O/c1-3-8-5-9(4-2)10(6-8)7-11/h3-4,7-10H,1-2,5-6H2. The molecule has 0 heterocycles. The third-order valence-electron chi connectivity index (χ3n) is 2.51. The fourth-order valence-corrected chi connectivity index (χ4v) is 1.76. The molecule has 1 aliphatic carbocycles. The first-order chi connectivity index (χ1) is 5.31. The van der Waals surface area contributed by atoms with Crippen LogP contribution in [0.2, 0.25) is 0 Å². The fraction of sp³-hybridized carbons (Fsp3) is 0.500. The molecule has 1 nitrogen and oxygen atoms in total. The lowest BCUT2D eigenvalue weighted by molar-refractivity contribution is -0.111. The van der Waals surface area contributed by atoms with Crippen LogP contribution in [0.4, 0.5) is 0 Å². The van der Waals surface area contributed by atoms with Gasteiger partial charge in [-0.1, -0.05) is 12.2 Å². The van der Waals surface area contributed by atoms with Crippen LogP contribution in [0.1, 0.15) is 12.8 Å². The lowest BCUT2D eigenvalue weighted by Gasteiger charge is -2.05. The van der Waals surface area contributed by atoms with E-state index >= 15 is 0 Å². The summed E-state index contributed by atoms with van der Waals surface area (Å²) in [5.74, 6) is 1.10. The molecule has 60 valence electrons. The summed E-state index contributed by atoms with van der Waals surface area (Å²) >= 11 is 0. The highest BCUT2D eigenvalue weighted by Crippen LogP contribution is 2.36. The lowest BCUT2D eigenvalue weighted by Crippen LogP contribution is -2.05. The van der Waals surface area contributed by atoms with Crippen LogP contribution in [0, 0.1) is 17.8 Å². The van der Waals surface area contributed by atoms with Gasteiger partial charge >= 0.3 is 0 Å². The predicted octanol–water partition coefficient (Wildman–Crippen LogP) is 2.20. The Morgan fingerprint density at radius 3 is 2.09 bits per heavy atom. The molecule has 1 aliphatic rings. The van der Waals surface area contributed by atoms with Crippen LogP contribution < -0.4 is 0 Å². The van der Waals surface area contributed by atoms with Crippen molar-refractivity contribution in [1.29, 1.82) is 0 Å². The van der Waals surface area contributed by atoms with E-state index in [4.69, 9.17) is 0 Å². The average Bonchev–Trinajstić information content (AvgIpc) is 2.46. The Bertz CT molecular complexity index is 156. The summed E-state index contributed by atoms with van der Waals surface area (Å²) in [5.41, 5.74) is 0. The van der Waals surface area contributed by atoms with E-state index in [1.807, 2.05) is 12.2 Å². The number of carbonyl (C=O) groups excluding carboxylic acids is 1. The molecule has 0 aliphatic heterocycles. The van der Waals surface area contributed by atoms with Gasteiger partial charge in [0, 0.05) is 5.92 Å². The second kappa shape index (κ2) is 3.51. The maximum Gasteiger partial charge on any atom is 0.123 e. The minimum absolute atomic E-state index is 0.190. The van der Waals surface area contributed by atoms with Crippen LogP contribution in [0.5, 0.6) is 0 Å². The van der Waals surface area contributed by atoms with E-state index in [1.54, 1.807) is 0 Å². The van der Waals surface area contributed by atoms with Crippen LogP contribution in [0.15, 0.2) is 25.3 Å². The number of hydrogen-bond donors (Lipinski definition) is 0. The largest absolute Gasteiger partial charge is 0.303 e. The maximum atomic E-state index is 10.6. The molecule has 3 atom stereocenters. The molecule has 0 saturated heterocycles. The van der Waals surface area contributed by atoms with Crippen molar-refractivity contribution in [3.8, 4) is 0 Å². The van der Waals surface area contributed by atoms with E-state index in [0.717, 1.165) is 19.1 Å². The van der Waals surface area contributed by atoms with Crippen LogP contribution in [0.3, 0.4) is 0 Å². The molecule has 11 heavy (non-hydrogen) atoms. The summed E-state index contributed by atoms with van der Waals surface area (Å²) in [4.78, 5) is 10.6. The molecule has 0 aromatic heterocycles. The Labute approximate surface area is 67.8 Å². The molecule has 1 saturated carbocycles. The third kappa shape index (κ3) is 1.59. The molecule has 1 fully saturated rings. The van der Waals surface area contributed by atoms with E-state index in [1.165, 1.54) is 0 Å². The van der Waals surface area contributed by atoms with Gasteiger partial charge in [-0.25, -0.2) is 0 Å². The van der Waals surface area contributed by atoms with Gasteiger partial charge in [-0.05, 0) is 24.7 Å². The summed E-state index contributed by atoms with van der Waals surface area (Å²) < 4.78 is 0. The molecule has 1 rings (SSSR count). The summed E-state index contributed by atoms with van der Waals surface area (Å²) in [7, 11) is 0. The highest BCUT2D eigenvalue weighted by molar-refractivity contribution is 5.55. The summed E-state index contributed by atoms with van der Waals surface area (Å²) in [6, 6.07) is 0. The summed E-state index contributed by atoms with van der Waals surface area (Å²) in [6.45, 7) is 7.45. The van der Waals surface area contributed by atoms with Crippen molar-refractivity contribution < 1.29 is 4.79 Å². The van der Waals surface area contributed by atoms with E-state index in [2.05, 4.69) is 13.2 Å². The minimum atomic E-state index is 0.190. The number of allylic oxidation sites excluding steroid dienone is 2. The Morgan fingerprint density at radius 1 is 1.09 bits per heavy atom. The van der Waals surface area contributed by atoms with Crippen LogP contribution in [0.25, 0.3) is 0 Å². The minimum Gasteiger partial charge on any atom is -0.303 e. The van der Waals surface area contributed by atoms with E-state index in [0.29, 0.717) is 11.8 Å². The normalized spacial score (nSPS) is 36.5. The molecule has 0 N–H and O–H groups in total. The third-order valence-corrected chi connectivity index (χ3v) is 2.51. The van der Waals surface area contributed by atoms with E-state index in [9.17, 15) is 4.79 Å². The number of rotatable bonds is 3. The SMILES string of the molecule is C=CC1CC(C=C)C(C=O)C1. The molecule has 3 unspecified atom stereocenters. The molecular weight excluding hydrogens is 136 g/mol. The van der Waals surface area contributed by atoms with Gasteiger partial charge in [-0.15, -0.1) is 13.2 Å². The van der Waals surface area contributed by atoms with Crippen molar-refractivity contribution >= 4 is 6.29 Å². The van der Waals surface area contributed by atoms with Crippen molar-refractivity contribution in [2.45, 2.75) is 12.8 Å². The van der Waals surface area contributed by atoms with Gasteiger partial charge < -0.3 is 4.79 Å². The number of aldehydes is 1. The second-order valence-electron chi connectivity index (χ2n) is 3.17. The Kier molecular flexibility index (Phi) is 2.64. The Balaban J connectivity index is 2.60. The molecule has 0 amide bonds. The van der Waals surface area contributed by atoms with Crippen molar-refractivity contribution in [1.82, 2.24) is 0 Å². The number of carbonyl (C=O) groups is 1. The van der Waals surface area contributed by atoms with Crippen LogP contribution in [-0.4, -0.2) is 6.29 Å². The Hall–Kier alpha value is -0.850. The van der Waals surface area contributed by atoms with Gasteiger partial charge in [-0.2, -0.15) is 0 Å². The first-order valence-electron chi connectivity index (χ1n) is 4.02. The van der Waals surface area contributed by atoms with Crippen molar-refractivity contribution in [3.63, 3.8) is 0 Å². The monoisotopic (exact) mass is 150 g/mol. The zero-order chi connectivity index (χ0) is 8.27. The molecule has 0 radical (unpaired) electrons. The van der Waals surface area contributed by atoms with Crippen LogP contribution >= 0.6 is 0 Å². The van der Waals surface area contributed by atoms with E-state index < -0.39 is 0 Å². The van der Waals surface area contributed by atoms with Crippen molar-refractivity contribution in [3.05, 3.63) is 25.3 Å². The van der Waals surface area contributed by atoms with E-state index in [-0.39, 0.29) is 5.92 Å².